The number of carbonyl (C=O) groups is 1. The van der Waals surface area contributed by atoms with Crippen molar-refractivity contribution in [2.75, 3.05) is 5.32 Å². The van der Waals surface area contributed by atoms with Gasteiger partial charge in [0.05, 0.1) is 5.69 Å². The molecule has 1 unspecified atom stereocenters. The molecule has 1 atom stereocenters. The maximum Gasteiger partial charge on any atom is 0.246 e. The molecule has 3 rings (SSSR count). The molecule has 1 aromatic rings. The van der Waals surface area contributed by atoms with E-state index in [9.17, 15) is 9.18 Å². The van der Waals surface area contributed by atoms with Gasteiger partial charge in [0.2, 0.25) is 5.91 Å². The maximum atomic E-state index is 13.8. The lowest BCUT2D eigenvalue weighted by Gasteiger charge is -2.17. The standard InChI is InChI=1S/C14H17FN2O/c1-8-6-10-12(11(15)7-8)17-14(18)13(10)16-9-4-2-3-5-9/h6-7,9,13,16H,2-5H2,1H3,(H,17,18). The van der Waals surface area contributed by atoms with Crippen molar-refractivity contribution in [1.29, 1.82) is 0 Å². The zero-order chi connectivity index (χ0) is 12.7. The Bertz CT molecular complexity index is 495. The highest BCUT2D eigenvalue weighted by molar-refractivity contribution is 6.02. The maximum absolute atomic E-state index is 13.8. The first-order valence-electron chi connectivity index (χ1n) is 6.52. The number of hydrogen-bond donors (Lipinski definition) is 2. The minimum atomic E-state index is -0.391. The van der Waals surface area contributed by atoms with Gasteiger partial charge in [-0.2, -0.15) is 0 Å². The highest BCUT2D eigenvalue weighted by Gasteiger charge is 2.34. The van der Waals surface area contributed by atoms with E-state index < -0.39 is 6.04 Å². The number of benzene rings is 1. The summed E-state index contributed by atoms with van der Waals surface area (Å²) in [7, 11) is 0. The Labute approximate surface area is 106 Å². The number of amides is 1. The van der Waals surface area contributed by atoms with Crippen LogP contribution in [-0.2, 0) is 4.79 Å². The molecule has 1 aliphatic heterocycles. The molecule has 0 saturated heterocycles. The fraction of sp³-hybridized carbons (Fsp3) is 0.500. The van der Waals surface area contributed by atoms with E-state index in [-0.39, 0.29) is 11.7 Å². The van der Waals surface area contributed by atoms with Crippen molar-refractivity contribution >= 4 is 11.6 Å². The van der Waals surface area contributed by atoms with E-state index in [4.69, 9.17) is 0 Å². The lowest BCUT2D eigenvalue weighted by molar-refractivity contribution is -0.117. The van der Waals surface area contributed by atoms with Crippen molar-refractivity contribution in [2.24, 2.45) is 0 Å². The molecule has 4 heteroatoms. The lowest BCUT2D eigenvalue weighted by atomic mass is 10.0. The predicted molar refractivity (Wildman–Crippen MR) is 67.9 cm³/mol. The van der Waals surface area contributed by atoms with Crippen molar-refractivity contribution in [3.8, 4) is 0 Å². The Balaban J connectivity index is 1.90. The van der Waals surface area contributed by atoms with E-state index in [2.05, 4.69) is 10.6 Å². The minimum Gasteiger partial charge on any atom is -0.322 e. The SMILES string of the molecule is Cc1cc(F)c2c(c1)C(NC1CCCC1)C(=O)N2. The third kappa shape index (κ3) is 1.90. The van der Waals surface area contributed by atoms with E-state index >= 15 is 0 Å². The van der Waals surface area contributed by atoms with Crippen LogP contribution in [0.2, 0.25) is 0 Å². The average Bonchev–Trinajstić information content (AvgIpc) is 2.91. The van der Waals surface area contributed by atoms with Crippen LogP contribution in [0.3, 0.4) is 0 Å². The highest BCUT2D eigenvalue weighted by Crippen LogP contribution is 2.35. The van der Waals surface area contributed by atoms with Gasteiger partial charge in [-0.25, -0.2) is 4.39 Å². The van der Waals surface area contributed by atoms with Gasteiger partial charge in [0.1, 0.15) is 11.9 Å². The van der Waals surface area contributed by atoms with Gasteiger partial charge in [0.15, 0.2) is 0 Å². The molecule has 96 valence electrons. The number of halogens is 1. The van der Waals surface area contributed by atoms with Crippen molar-refractivity contribution in [2.45, 2.75) is 44.7 Å². The zero-order valence-electron chi connectivity index (χ0n) is 10.4. The lowest BCUT2D eigenvalue weighted by Crippen LogP contribution is -2.34. The van der Waals surface area contributed by atoms with Gasteiger partial charge in [0, 0.05) is 11.6 Å². The first kappa shape index (κ1) is 11.7. The number of anilines is 1. The number of nitrogens with one attached hydrogen (secondary N) is 2. The van der Waals surface area contributed by atoms with Crippen molar-refractivity contribution in [3.63, 3.8) is 0 Å². The van der Waals surface area contributed by atoms with Crippen LogP contribution < -0.4 is 10.6 Å². The van der Waals surface area contributed by atoms with Crippen molar-refractivity contribution in [3.05, 3.63) is 29.1 Å². The van der Waals surface area contributed by atoms with Crippen LogP contribution in [0, 0.1) is 12.7 Å². The predicted octanol–water partition coefficient (Wildman–Crippen LogP) is 2.66. The molecular weight excluding hydrogens is 231 g/mol. The van der Waals surface area contributed by atoms with Crippen molar-refractivity contribution in [1.82, 2.24) is 5.32 Å². The van der Waals surface area contributed by atoms with Gasteiger partial charge in [0.25, 0.3) is 0 Å². The molecule has 2 N–H and O–H groups in total. The second kappa shape index (κ2) is 4.35. The molecular formula is C14H17FN2O. The Morgan fingerprint density at radius 3 is 2.78 bits per heavy atom. The van der Waals surface area contributed by atoms with E-state index in [1.54, 1.807) is 0 Å². The smallest absolute Gasteiger partial charge is 0.246 e. The fourth-order valence-electron chi connectivity index (χ4n) is 2.96. The van der Waals surface area contributed by atoms with Gasteiger partial charge >= 0.3 is 0 Å². The van der Waals surface area contributed by atoms with Crippen LogP contribution >= 0.6 is 0 Å². The number of carbonyl (C=O) groups excluding carboxylic acids is 1. The number of rotatable bonds is 2. The molecule has 1 heterocycles. The highest BCUT2D eigenvalue weighted by atomic mass is 19.1. The van der Waals surface area contributed by atoms with Gasteiger partial charge in [-0.3, -0.25) is 10.1 Å². The van der Waals surface area contributed by atoms with Crippen molar-refractivity contribution < 1.29 is 9.18 Å². The third-order valence-corrected chi connectivity index (χ3v) is 3.84. The summed E-state index contributed by atoms with van der Waals surface area (Å²) in [6, 6.07) is 3.34. The summed E-state index contributed by atoms with van der Waals surface area (Å²) in [6.07, 6.45) is 4.63. The number of aryl methyl sites for hydroxylation is 1. The summed E-state index contributed by atoms with van der Waals surface area (Å²) in [5, 5.41) is 6.00. The molecule has 1 aromatic carbocycles. The molecule has 18 heavy (non-hydrogen) atoms. The van der Waals surface area contributed by atoms with Crippen LogP contribution in [0.5, 0.6) is 0 Å². The molecule has 1 saturated carbocycles. The minimum absolute atomic E-state index is 0.138. The third-order valence-electron chi connectivity index (χ3n) is 3.84. The molecule has 0 bridgehead atoms. The number of hydrogen-bond acceptors (Lipinski definition) is 2. The Morgan fingerprint density at radius 1 is 1.33 bits per heavy atom. The summed E-state index contributed by atoms with van der Waals surface area (Å²) in [4.78, 5) is 11.9. The summed E-state index contributed by atoms with van der Waals surface area (Å²) >= 11 is 0. The molecule has 1 fully saturated rings. The Morgan fingerprint density at radius 2 is 2.06 bits per heavy atom. The van der Waals surface area contributed by atoms with E-state index in [1.807, 2.05) is 13.0 Å². The first-order valence-corrected chi connectivity index (χ1v) is 6.52. The topological polar surface area (TPSA) is 41.1 Å². The first-order chi connectivity index (χ1) is 8.65. The van der Waals surface area contributed by atoms with E-state index in [0.29, 0.717) is 11.7 Å². The molecule has 0 radical (unpaired) electrons. The molecule has 1 aliphatic carbocycles. The van der Waals surface area contributed by atoms with Crippen LogP contribution in [0.4, 0.5) is 10.1 Å². The molecule has 2 aliphatic rings. The molecule has 0 aromatic heterocycles. The van der Waals surface area contributed by atoms with Crippen LogP contribution in [-0.4, -0.2) is 11.9 Å². The summed E-state index contributed by atoms with van der Waals surface area (Å²) in [5.41, 5.74) is 1.95. The van der Waals surface area contributed by atoms with E-state index in [0.717, 1.165) is 24.0 Å². The summed E-state index contributed by atoms with van der Waals surface area (Å²) in [5.74, 6) is -0.476. The average molecular weight is 248 g/mol. The summed E-state index contributed by atoms with van der Waals surface area (Å²) in [6.45, 7) is 1.85. The summed E-state index contributed by atoms with van der Waals surface area (Å²) < 4.78 is 13.8. The van der Waals surface area contributed by atoms with Crippen LogP contribution in [0.1, 0.15) is 42.9 Å². The van der Waals surface area contributed by atoms with Crippen LogP contribution in [0.15, 0.2) is 12.1 Å². The molecule has 0 spiro atoms. The second-order valence-electron chi connectivity index (χ2n) is 5.28. The fourth-order valence-corrected chi connectivity index (χ4v) is 2.96. The second-order valence-corrected chi connectivity index (χ2v) is 5.28. The van der Waals surface area contributed by atoms with Gasteiger partial charge < -0.3 is 5.32 Å². The molecule has 1 amide bonds. The monoisotopic (exact) mass is 248 g/mol. The van der Waals surface area contributed by atoms with Gasteiger partial charge in [-0.05, 0) is 31.4 Å². The zero-order valence-corrected chi connectivity index (χ0v) is 10.4. The number of fused-ring (bicyclic) bond motifs is 1. The van der Waals surface area contributed by atoms with E-state index in [1.165, 1.54) is 18.9 Å². The largest absolute Gasteiger partial charge is 0.322 e. The Kier molecular flexibility index (Phi) is 2.82. The molecule has 3 nitrogen and oxygen atoms in total. The Hall–Kier alpha value is -1.42. The quantitative estimate of drug-likeness (QED) is 0.844. The normalized spacial score (nSPS) is 23.2. The van der Waals surface area contributed by atoms with Gasteiger partial charge in [-0.15, -0.1) is 0 Å². The van der Waals surface area contributed by atoms with Gasteiger partial charge in [-0.1, -0.05) is 18.9 Å². The van der Waals surface area contributed by atoms with Crippen LogP contribution in [0.25, 0.3) is 0 Å².